The van der Waals surface area contributed by atoms with Crippen LogP contribution in [0.15, 0.2) is 35.6 Å². The Bertz CT molecular complexity index is 783. The summed E-state index contributed by atoms with van der Waals surface area (Å²) in [6.07, 6.45) is 3.48. The summed E-state index contributed by atoms with van der Waals surface area (Å²) in [4.78, 5) is 18.5. The number of carbonyl (C=O) groups is 1. The maximum Gasteiger partial charge on any atom is 0.246 e. The Balaban J connectivity index is 1.46. The first-order chi connectivity index (χ1) is 12.7. The number of amides is 1. The number of aromatic nitrogens is 3. The molecule has 26 heavy (non-hydrogen) atoms. The second-order valence-corrected chi connectivity index (χ2v) is 6.07. The van der Waals surface area contributed by atoms with Crippen molar-refractivity contribution in [1.29, 1.82) is 0 Å². The smallest absolute Gasteiger partial charge is 0.246 e. The Morgan fingerprint density at radius 1 is 1.31 bits per heavy atom. The molecule has 138 valence electrons. The fourth-order valence-electron chi connectivity index (χ4n) is 3.11. The molecule has 0 saturated heterocycles. The molecular formula is C18H25N7O. The number of hydrogen-bond donors (Lipinski definition) is 2. The fraction of sp³-hybridized carbons (Fsp3) is 0.444. The Kier molecular flexibility index (Phi) is 5.83. The van der Waals surface area contributed by atoms with E-state index in [1.807, 2.05) is 27.7 Å². The fourth-order valence-corrected chi connectivity index (χ4v) is 3.11. The first-order valence-corrected chi connectivity index (χ1v) is 8.92. The van der Waals surface area contributed by atoms with Crippen LogP contribution in [0.5, 0.6) is 0 Å². The zero-order chi connectivity index (χ0) is 18.4. The summed E-state index contributed by atoms with van der Waals surface area (Å²) in [6.45, 7) is 4.41. The van der Waals surface area contributed by atoms with Gasteiger partial charge in [-0.2, -0.15) is 0 Å². The van der Waals surface area contributed by atoms with Crippen molar-refractivity contribution >= 4 is 17.6 Å². The van der Waals surface area contributed by atoms with Gasteiger partial charge in [-0.25, -0.2) is 0 Å². The van der Waals surface area contributed by atoms with Crippen molar-refractivity contribution in [2.24, 2.45) is 4.99 Å². The first-order valence-electron chi connectivity index (χ1n) is 8.92. The molecule has 1 amide bonds. The number of carbonyl (C=O) groups excluding carboxylic acids is 1. The molecule has 1 aliphatic rings. The summed E-state index contributed by atoms with van der Waals surface area (Å²) < 4.78 is 2.01. The number of nitrogens with zero attached hydrogens (tertiary/aromatic N) is 5. The van der Waals surface area contributed by atoms with Crippen LogP contribution in [0.4, 0.5) is 5.69 Å². The summed E-state index contributed by atoms with van der Waals surface area (Å²) in [5.41, 5.74) is 2.24. The average molecular weight is 355 g/mol. The van der Waals surface area contributed by atoms with Gasteiger partial charge in [0.1, 0.15) is 12.2 Å². The summed E-state index contributed by atoms with van der Waals surface area (Å²) in [5.74, 6) is 1.61. The van der Waals surface area contributed by atoms with Gasteiger partial charge in [-0.15, -0.1) is 10.2 Å². The van der Waals surface area contributed by atoms with E-state index in [0.29, 0.717) is 12.5 Å². The Hall–Kier alpha value is -2.90. The minimum absolute atomic E-state index is 0.0463. The predicted molar refractivity (Wildman–Crippen MR) is 101 cm³/mol. The van der Waals surface area contributed by atoms with Gasteiger partial charge in [-0.3, -0.25) is 9.79 Å². The quantitative estimate of drug-likeness (QED) is 0.585. The van der Waals surface area contributed by atoms with Crippen LogP contribution in [0.1, 0.15) is 18.3 Å². The number of aliphatic imine (C=N–C) groups is 1. The molecule has 0 atom stereocenters. The van der Waals surface area contributed by atoms with Crippen LogP contribution in [0.25, 0.3) is 0 Å². The minimum atomic E-state index is 0.0463. The van der Waals surface area contributed by atoms with Gasteiger partial charge in [0.25, 0.3) is 0 Å². The molecule has 0 fully saturated rings. The van der Waals surface area contributed by atoms with Crippen LogP contribution < -0.4 is 15.5 Å². The monoisotopic (exact) mass is 355 g/mol. The number of benzene rings is 1. The largest absolute Gasteiger partial charge is 0.355 e. The van der Waals surface area contributed by atoms with E-state index in [0.717, 1.165) is 37.4 Å². The lowest BCUT2D eigenvalue weighted by Gasteiger charge is -2.19. The van der Waals surface area contributed by atoms with Crippen molar-refractivity contribution in [3.63, 3.8) is 0 Å². The van der Waals surface area contributed by atoms with Gasteiger partial charge in [0, 0.05) is 38.8 Å². The van der Waals surface area contributed by atoms with E-state index < -0.39 is 0 Å². The molecule has 0 bridgehead atoms. The Morgan fingerprint density at radius 2 is 2.15 bits per heavy atom. The van der Waals surface area contributed by atoms with Crippen molar-refractivity contribution in [1.82, 2.24) is 25.4 Å². The molecule has 1 aromatic heterocycles. The SMILES string of the molecule is CCc1nncn1CCNC(=NC)NCC(=O)N1CCc2ccccc21. The zero-order valence-electron chi connectivity index (χ0n) is 15.3. The molecule has 0 saturated carbocycles. The maximum atomic E-state index is 12.5. The lowest BCUT2D eigenvalue weighted by atomic mass is 10.2. The third kappa shape index (κ3) is 4.01. The van der Waals surface area contributed by atoms with Gasteiger partial charge in [0.05, 0.1) is 6.54 Å². The van der Waals surface area contributed by atoms with Gasteiger partial charge in [0.2, 0.25) is 5.91 Å². The summed E-state index contributed by atoms with van der Waals surface area (Å²) in [5, 5.41) is 14.3. The second kappa shape index (κ2) is 8.46. The van der Waals surface area contributed by atoms with E-state index in [2.05, 4.69) is 38.8 Å². The molecule has 1 aromatic carbocycles. The zero-order valence-corrected chi connectivity index (χ0v) is 15.3. The number of nitrogens with one attached hydrogen (secondary N) is 2. The van der Waals surface area contributed by atoms with Crippen molar-refractivity contribution in [3.05, 3.63) is 42.0 Å². The van der Waals surface area contributed by atoms with E-state index >= 15 is 0 Å². The highest BCUT2D eigenvalue weighted by molar-refractivity contribution is 5.98. The lowest BCUT2D eigenvalue weighted by molar-refractivity contribution is -0.117. The maximum absolute atomic E-state index is 12.5. The number of para-hydroxylation sites is 1. The predicted octanol–water partition coefficient (Wildman–Crippen LogP) is 0.595. The highest BCUT2D eigenvalue weighted by atomic mass is 16.2. The van der Waals surface area contributed by atoms with Crippen LogP contribution in [0.3, 0.4) is 0 Å². The van der Waals surface area contributed by atoms with Crippen LogP contribution in [0, 0.1) is 0 Å². The highest BCUT2D eigenvalue weighted by Crippen LogP contribution is 2.27. The van der Waals surface area contributed by atoms with Gasteiger partial charge in [0.15, 0.2) is 5.96 Å². The van der Waals surface area contributed by atoms with E-state index in [9.17, 15) is 4.79 Å². The number of aryl methyl sites for hydroxylation is 1. The van der Waals surface area contributed by atoms with Gasteiger partial charge in [-0.1, -0.05) is 25.1 Å². The summed E-state index contributed by atoms with van der Waals surface area (Å²) in [6, 6.07) is 8.05. The van der Waals surface area contributed by atoms with E-state index in [1.54, 1.807) is 13.4 Å². The standard InChI is InChI=1S/C18H25N7O/c1-3-16-23-22-13-24(16)11-9-20-18(19-2)21-12-17(26)25-10-8-14-6-4-5-7-15(14)25/h4-7,13H,3,8-12H2,1-2H3,(H2,19,20,21). The topological polar surface area (TPSA) is 87.4 Å². The molecule has 2 heterocycles. The molecule has 8 heteroatoms. The number of hydrogen-bond acceptors (Lipinski definition) is 4. The van der Waals surface area contributed by atoms with E-state index in [1.165, 1.54) is 5.56 Å². The summed E-state index contributed by atoms with van der Waals surface area (Å²) >= 11 is 0. The van der Waals surface area contributed by atoms with Crippen molar-refractivity contribution in [3.8, 4) is 0 Å². The molecule has 3 rings (SSSR count). The third-order valence-corrected chi connectivity index (χ3v) is 4.48. The summed E-state index contributed by atoms with van der Waals surface area (Å²) in [7, 11) is 1.70. The highest BCUT2D eigenvalue weighted by Gasteiger charge is 2.23. The van der Waals surface area contributed by atoms with Crippen molar-refractivity contribution in [2.75, 3.05) is 31.6 Å². The van der Waals surface area contributed by atoms with E-state index in [4.69, 9.17) is 0 Å². The van der Waals surface area contributed by atoms with Gasteiger partial charge >= 0.3 is 0 Å². The van der Waals surface area contributed by atoms with Gasteiger partial charge < -0.3 is 20.1 Å². The lowest BCUT2D eigenvalue weighted by Crippen LogP contribution is -2.45. The van der Waals surface area contributed by atoms with Crippen molar-refractivity contribution < 1.29 is 4.79 Å². The molecule has 0 spiro atoms. The molecule has 0 radical (unpaired) electrons. The molecule has 0 unspecified atom stereocenters. The number of guanidine groups is 1. The molecule has 8 nitrogen and oxygen atoms in total. The normalized spacial score (nSPS) is 13.6. The molecule has 2 aromatic rings. The molecular weight excluding hydrogens is 330 g/mol. The minimum Gasteiger partial charge on any atom is -0.355 e. The van der Waals surface area contributed by atoms with Gasteiger partial charge in [-0.05, 0) is 18.1 Å². The molecule has 1 aliphatic heterocycles. The second-order valence-electron chi connectivity index (χ2n) is 6.07. The van der Waals surface area contributed by atoms with Crippen LogP contribution in [-0.4, -0.2) is 53.3 Å². The first kappa shape index (κ1) is 17.9. The Morgan fingerprint density at radius 3 is 2.96 bits per heavy atom. The van der Waals surface area contributed by atoms with Crippen LogP contribution in [0.2, 0.25) is 0 Å². The number of anilines is 1. The van der Waals surface area contributed by atoms with Crippen LogP contribution >= 0.6 is 0 Å². The van der Waals surface area contributed by atoms with Crippen LogP contribution in [-0.2, 0) is 24.2 Å². The number of rotatable bonds is 6. The average Bonchev–Trinajstić information content (AvgIpc) is 3.30. The van der Waals surface area contributed by atoms with E-state index in [-0.39, 0.29) is 12.5 Å². The molecule has 2 N–H and O–H groups in total. The third-order valence-electron chi connectivity index (χ3n) is 4.48. The molecule has 0 aliphatic carbocycles. The Labute approximate surface area is 153 Å². The number of fused-ring (bicyclic) bond motifs is 1. The van der Waals surface area contributed by atoms with Crippen molar-refractivity contribution in [2.45, 2.75) is 26.3 Å².